The zero-order valence-electron chi connectivity index (χ0n) is 29.9. The summed E-state index contributed by atoms with van der Waals surface area (Å²) in [5, 5.41) is 3.18. The van der Waals surface area contributed by atoms with Gasteiger partial charge in [0.25, 0.3) is 0 Å². The van der Waals surface area contributed by atoms with E-state index in [0.717, 1.165) is 45.2 Å². The molecule has 0 radical (unpaired) electrons. The summed E-state index contributed by atoms with van der Waals surface area (Å²) in [5.41, 5.74) is 0. The van der Waals surface area contributed by atoms with Crippen molar-refractivity contribution in [2.45, 2.75) is 187 Å². The van der Waals surface area contributed by atoms with Gasteiger partial charge in [0.2, 0.25) is 0 Å². The summed E-state index contributed by atoms with van der Waals surface area (Å²) in [6, 6.07) is 0. The third-order valence-corrected chi connectivity index (χ3v) is 8.69. The maximum atomic E-state index is 12.3. The molecule has 0 heterocycles. The van der Waals surface area contributed by atoms with Gasteiger partial charge < -0.3 is 19.7 Å². The van der Waals surface area contributed by atoms with Crippen molar-refractivity contribution in [1.82, 2.24) is 10.2 Å². The number of esters is 2. The van der Waals surface area contributed by atoms with Crippen molar-refractivity contribution < 1.29 is 19.1 Å². The molecule has 0 saturated carbocycles. The molecular weight excluding hydrogens is 548 g/mol. The number of hydrogen-bond donors (Lipinski definition) is 1. The van der Waals surface area contributed by atoms with Gasteiger partial charge in [-0.1, -0.05) is 155 Å². The predicted molar refractivity (Wildman–Crippen MR) is 188 cm³/mol. The number of nitrogens with zero attached hydrogens (tertiary/aromatic N) is 1. The van der Waals surface area contributed by atoms with E-state index in [4.69, 9.17) is 9.47 Å². The number of ether oxygens (including phenoxy) is 2. The van der Waals surface area contributed by atoms with Gasteiger partial charge in [-0.25, -0.2) is 0 Å². The van der Waals surface area contributed by atoms with Crippen molar-refractivity contribution in [3.05, 3.63) is 0 Å². The Morgan fingerprint density at radius 3 is 1.09 bits per heavy atom. The van der Waals surface area contributed by atoms with Gasteiger partial charge in [0.15, 0.2) is 0 Å². The number of rotatable bonds is 36. The van der Waals surface area contributed by atoms with Crippen LogP contribution in [0.4, 0.5) is 0 Å². The first-order chi connectivity index (χ1) is 21.6. The molecule has 0 aromatic heterocycles. The second-order valence-corrected chi connectivity index (χ2v) is 13.0. The molecule has 6 heteroatoms. The van der Waals surface area contributed by atoms with E-state index in [2.05, 4.69) is 24.1 Å². The van der Waals surface area contributed by atoms with E-state index in [1.165, 1.54) is 128 Å². The van der Waals surface area contributed by atoms with Gasteiger partial charge in [0, 0.05) is 13.1 Å². The number of carbonyl (C=O) groups excluding carboxylic acids is 2. The van der Waals surface area contributed by atoms with E-state index >= 15 is 0 Å². The van der Waals surface area contributed by atoms with Crippen LogP contribution in [0.1, 0.15) is 187 Å². The van der Waals surface area contributed by atoms with E-state index in [1.54, 1.807) is 0 Å². The molecule has 0 saturated heterocycles. The molecule has 0 bridgehead atoms. The minimum absolute atomic E-state index is 0.124. The van der Waals surface area contributed by atoms with Crippen LogP contribution < -0.4 is 5.32 Å². The molecule has 0 aliphatic heterocycles. The Morgan fingerprint density at radius 2 is 0.773 bits per heavy atom. The van der Waals surface area contributed by atoms with Crippen LogP contribution in [0, 0.1) is 0 Å². The largest absolute Gasteiger partial charge is 0.466 e. The number of carbonyl (C=O) groups is 2. The lowest BCUT2D eigenvalue weighted by molar-refractivity contribution is -0.144. The highest BCUT2D eigenvalue weighted by Gasteiger charge is 2.12. The summed E-state index contributed by atoms with van der Waals surface area (Å²) in [4.78, 5) is 26.8. The fourth-order valence-corrected chi connectivity index (χ4v) is 5.72. The van der Waals surface area contributed by atoms with Crippen molar-refractivity contribution in [1.29, 1.82) is 0 Å². The van der Waals surface area contributed by atoms with Crippen molar-refractivity contribution >= 4 is 11.9 Å². The van der Waals surface area contributed by atoms with Crippen LogP contribution in [0.3, 0.4) is 0 Å². The van der Waals surface area contributed by atoms with Crippen LogP contribution in [-0.2, 0) is 19.1 Å². The lowest BCUT2D eigenvalue weighted by Gasteiger charge is -2.21. The SMILES string of the molecule is CCCCCCCCCCCCCCOC(=O)CCN(CCCNC)CCC(=O)OCCCCCCCCCCCCCC. The minimum atomic E-state index is -0.124. The normalized spacial score (nSPS) is 11.4. The second-order valence-electron chi connectivity index (χ2n) is 13.0. The van der Waals surface area contributed by atoms with Crippen LogP contribution in [0.25, 0.3) is 0 Å². The molecule has 0 amide bonds. The molecule has 0 rings (SSSR count). The highest BCUT2D eigenvalue weighted by molar-refractivity contribution is 5.70. The van der Waals surface area contributed by atoms with Gasteiger partial charge in [-0.3, -0.25) is 9.59 Å². The molecule has 0 unspecified atom stereocenters. The Hall–Kier alpha value is -1.14. The minimum Gasteiger partial charge on any atom is -0.466 e. The standard InChI is InChI=1S/C38H76N2O4/c1-4-6-8-10-12-14-16-18-20-22-24-26-35-43-37(41)29-33-40(32-28-31-39-3)34-30-38(42)44-36-27-25-23-21-19-17-15-13-11-9-7-5-2/h39H,4-36H2,1-3H3. The summed E-state index contributed by atoms with van der Waals surface area (Å²) < 4.78 is 11.0. The number of unbranched alkanes of at least 4 members (excludes halogenated alkanes) is 22. The van der Waals surface area contributed by atoms with E-state index in [1.807, 2.05) is 7.05 Å². The summed E-state index contributed by atoms with van der Waals surface area (Å²) >= 11 is 0. The first-order valence-electron chi connectivity index (χ1n) is 19.3. The second kappa shape index (κ2) is 36.3. The third kappa shape index (κ3) is 33.7. The maximum Gasteiger partial charge on any atom is 0.307 e. The molecule has 0 aliphatic rings. The van der Waals surface area contributed by atoms with Gasteiger partial charge in [-0.15, -0.1) is 0 Å². The maximum absolute atomic E-state index is 12.3. The number of nitrogens with one attached hydrogen (secondary N) is 1. The third-order valence-electron chi connectivity index (χ3n) is 8.69. The highest BCUT2D eigenvalue weighted by atomic mass is 16.5. The summed E-state index contributed by atoms with van der Waals surface area (Å²) in [6.45, 7) is 8.64. The molecule has 0 atom stereocenters. The Kier molecular flexibility index (Phi) is 35.4. The topological polar surface area (TPSA) is 67.9 Å². The van der Waals surface area contributed by atoms with E-state index in [9.17, 15) is 9.59 Å². The van der Waals surface area contributed by atoms with Crippen LogP contribution in [0.5, 0.6) is 0 Å². The quantitative estimate of drug-likeness (QED) is 0.0553. The van der Waals surface area contributed by atoms with E-state index in [-0.39, 0.29) is 11.9 Å². The smallest absolute Gasteiger partial charge is 0.307 e. The molecule has 44 heavy (non-hydrogen) atoms. The van der Waals surface area contributed by atoms with Gasteiger partial charge in [0.1, 0.15) is 0 Å². The fourth-order valence-electron chi connectivity index (χ4n) is 5.72. The first-order valence-corrected chi connectivity index (χ1v) is 19.3. The van der Waals surface area contributed by atoms with Gasteiger partial charge in [0.05, 0.1) is 26.1 Å². The Balaban J connectivity index is 3.80. The lowest BCUT2D eigenvalue weighted by atomic mass is 10.1. The molecular formula is C38H76N2O4. The Labute approximate surface area is 274 Å². The summed E-state index contributed by atoms with van der Waals surface area (Å²) in [5.74, 6) is -0.248. The average molecular weight is 625 g/mol. The predicted octanol–water partition coefficient (Wildman–Crippen LogP) is 10.2. The zero-order chi connectivity index (χ0) is 32.2. The summed E-state index contributed by atoms with van der Waals surface area (Å²) in [7, 11) is 1.95. The first kappa shape index (κ1) is 42.9. The van der Waals surface area contributed by atoms with Crippen LogP contribution in [0.15, 0.2) is 0 Å². The molecule has 0 spiro atoms. The molecule has 0 aliphatic carbocycles. The fraction of sp³-hybridized carbons (Fsp3) is 0.947. The monoisotopic (exact) mass is 625 g/mol. The van der Waals surface area contributed by atoms with Crippen molar-refractivity contribution in [3.63, 3.8) is 0 Å². The molecule has 1 N–H and O–H groups in total. The van der Waals surface area contributed by atoms with E-state index in [0.29, 0.717) is 39.1 Å². The van der Waals surface area contributed by atoms with Gasteiger partial charge in [-0.2, -0.15) is 0 Å². The molecule has 6 nitrogen and oxygen atoms in total. The average Bonchev–Trinajstić information content (AvgIpc) is 3.02. The zero-order valence-corrected chi connectivity index (χ0v) is 29.9. The Bertz CT molecular complexity index is 555. The van der Waals surface area contributed by atoms with Crippen LogP contribution >= 0.6 is 0 Å². The van der Waals surface area contributed by atoms with E-state index < -0.39 is 0 Å². The molecule has 262 valence electrons. The van der Waals surface area contributed by atoms with Gasteiger partial charge >= 0.3 is 11.9 Å². The number of hydrogen-bond acceptors (Lipinski definition) is 6. The summed E-state index contributed by atoms with van der Waals surface area (Å²) in [6.07, 6.45) is 33.0. The highest BCUT2D eigenvalue weighted by Crippen LogP contribution is 2.13. The van der Waals surface area contributed by atoms with Crippen molar-refractivity contribution in [2.75, 3.05) is 46.4 Å². The van der Waals surface area contributed by atoms with Crippen LogP contribution in [-0.4, -0.2) is 63.3 Å². The van der Waals surface area contributed by atoms with Crippen LogP contribution in [0.2, 0.25) is 0 Å². The Morgan fingerprint density at radius 1 is 0.455 bits per heavy atom. The van der Waals surface area contributed by atoms with Crippen molar-refractivity contribution in [3.8, 4) is 0 Å². The van der Waals surface area contributed by atoms with Gasteiger partial charge in [-0.05, 0) is 39.4 Å². The molecule has 0 fully saturated rings. The molecule has 0 aromatic rings. The lowest BCUT2D eigenvalue weighted by Crippen LogP contribution is -2.32. The molecule has 0 aromatic carbocycles. The van der Waals surface area contributed by atoms with Crippen molar-refractivity contribution in [2.24, 2.45) is 0 Å².